The summed E-state index contributed by atoms with van der Waals surface area (Å²) < 4.78 is 5.44. The number of aliphatic carboxylic acids is 1. The lowest BCUT2D eigenvalue weighted by Gasteiger charge is -2.46. The molecule has 0 aliphatic carbocycles. The normalized spacial score (nSPS) is 28.9. The number of aromatic nitrogens is 1. The van der Waals surface area contributed by atoms with Gasteiger partial charge in [0.1, 0.15) is 12.0 Å². The van der Waals surface area contributed by atoms with Gasteiger partial charge in [-0.3, -0.25) is 9.59 Å². The van der Waals surface area contributed by atoms with Crippen LogP contribution in [0.15, 0.2) is 21.3 Å². The van der Waals surface area contributed by atoms with Gasteiger partial charge in [-0.15, -0.1) is 11.8 Å². The average molecular weight is 465 g/mol. The van der Waals surface area contributed by atoms with Crippen LogP contribution in [0.3, 0.4) is 0 Å². The number of nitrogens with zero attached hydrogens (tertiary/aromatic N) is 4. The lowest BCUT2D eigenvalue weighted by atomic mass is 9.79. The molecule has 1 aromatic rings. The number of carboxylic acid groups (broad SMARTS) is 1. The number of hydrogen-bond donors (Lipinski definition) is 3. The molecule has 0 radical (unpaired) electrons. The SMILES string of the molecule is C[C@@H](O)C1C(=O)N2C(C(=O)O)=C(SC3CN(c4nc(C(=O)N5CC(O)C5)co4)C3)[C@H](C)C12. The van der Waals surface area contributed by atoms with Crippen molar-refractivity contribution in [2.75, 3.05) is 31.1 Å². The Balaban J connectivity index is 1.23. The number of rotatable bonds is 6. The van der Waals surface area contributed by atoms with E-state index >= 15 is 0 Å². The van der Waals surface area contributed by atoms with Crippen LogP contribution in [0.4, 0.5) is 6.01 Å². The largest absolute Gasteiger partial charge is 0.477 e. The molecule has 1 aromatic heterocycles. The molecule has 0 spiro atoms. The number of β-lactam (4-membered cyclic amide) rings is 1. The van der Waals surface area contributed by atoms with Gasteiger partial charge in [0, 0.05) is 42.3 Å². The number of carboxylic acids is 1. The van der Waals surface area contributed by atoms with Gasteiger partial charge in [-0.05, 0) is 6.92 Å². The molecule has 2 amide bonds. The quantitative estimate of drug-likeness (QED) is 0.474. The highest BCUT2D eigenvalue weighted by molar-refractivity contribution is 8.03. The summed E-state index contributed by atoms with van der Waals surface area (Å²) >= 11 is 1.44. The summed E-state index contributed by atoms with van der Waals surface area (Å²) in [6, 6.07) is -0.000962. The Morgan fingerprint density at radius 2 is 1.97 bits per heavy atom. The van der Waals surface area contributed by atoms with Gasteiger partial charge >= 0.3 is 5.97 Å². The Kier molecular flexibility index (Phi) is 4.98. The number of thioether (sulfide) groups is 1. The highest BCUT2D eigenvalue weighted by Crippen LogP contribution is 2.52. The summed E-state index contributed by atoms with van der Waals surface area (Å²) in [5, 5.41) is 29.1. The first-order chi connectivity index (χ1) is 15.2. The van der Waals surface area contributed by atoms with Gasteiger partial charge in [-0.1, -0.05) is 6.92 Å². The van der Waals surface area contributed by atoms with Crippen LogP contribution in [-0.4, -0.2) is 97.6 Å². The molecule has 4 aliphatic rings. The molecule has 172 valence electrons. The molecule has 0 aromatic carbocycles. The van der Waals surface area contributed by atoms with Crippen LogP contribution in [0.25, 0.3) is 0 Å². The lowest BCUT2D eigenvalue weighted by molar-refractivity contribution is -0.163. The van der Waals surface area contributed by atoms with Gasteiger partial charge in [0.25, 0.3) is 11.9 Å². The van der Waals surface area contributed by atoms with E-state index in [0.717, 1.165) is 0 Å². The number of β-amino-alcohol motifs (C(OH)–C–C–N with tert-alkyl or cyclic N) is 1. The first-order valence-electron chi connectivity index (χ1n) is 10.5. The minimum atomic E-state index is -1.14. The van der Waals surface area contributed by atoms with Crippen molar-refractivity contribution in [3.63, 3.8) is 0 Å². The average Bonchev–Trinajstić information content (AvgIpc) is 3.23. The van der Waals surface area contributed by atoms with Gasteiger partial charge in [0.15, 0.2) is 5.69 Å². The van der Waals surface area contributed by atoms with Crippen LogP contribution in [0.2, 0.25) is 0 Å². The number of aliphatic hydroxyl groups excluding tert-OH is 2. The lowest BCUT2D eigenvalue weighted by Crippen LogP contribution is -2.63. The molecule has 12 heteroatoms. The van der Waals surface area contributed by atoms with Crippen LogP contribution in [0.5, 0.6) is 0 Å². The van der Waals surface area contributed by atoms with Crippen molar-refractivity contribution in [1.29, 1.82) is 0 Å². The highest BCUT2D eigenvalue weighted by atomic mass is 32.2. The van der Waals surface area contributed by atoms with Crippen LogP contribution < -0.4 is 4.90 Å². The van der Waals surface area contributed by atoms with Gasteiger partial charge in [-0.2, -0.15) is 4.98 Å². The van der Waals surface area contributed by atoms with E-state index in [2.05, 4.69) is 4.98 Å². The molecule has 5 heterocycles. The van der Waals surface area contributed by atoms with E-state index in [0.29, 0.717) is 37.1 Å². The summed E-state index contributed by atoms with van der Waals surface area (Å²) in [6.07, 6.45) is -0.00913. The standard InChI is InChI=1S/C20H24N4O7S/c1-8-14-13(9(2)25)18(28)24(14)15(19(29)30)16(8)32-11-5-23(6-11)20-21-12(7-31-20)17(27)22-3-10(26)4-22/h7-11,13-14,25-26H,3-6H2,1-2H3,(H,29,30)/t8-,9-,13?,14?/m1/s1. The fourth-order valence-electron chi connectivity index (χ4n) is 4.82. The second-order valence-corrected chi connectivity index (χ2v) is 10.1. The molecular weight excluding hydrogens is 440 g/mol. The molecule has 0 saturated carbocycles. The van der Waals surface area contributed by atoms with Crippen molar-refractivity contribution >= 4 is 35.6 Å². The molecule has 4 atom stereocenters. The maximum atomic E-state index is 12.4. The second kappa shape index (κ2) is 7.49. The van der Waals surface area contributed by atoms with E-state index in [-0.39, 0.29) is 40.4 Å². The summed E-state index contributed by atoms with van der Waals surface area (Å²) in [4.78, 5) is 46.2. The van der Waals surface area contributed by atoms with Gasteiger partial charge in [-0.25, -0.2) is 4.79 Å². The minimum Gasteiger partial charge on any atom is -0.477 e. The van der Waals surface area contributed by atoms with Crippen LogP contribution in [0, 0.1) is 11.8 Å². The zero-order chi connectivity index (χ0) is 22.9. The fraction of sp³-hybridized carbons (Fsp3) is 0.600. The van der Waals surface area contributed by atoms with E-state index in [4.69, 9.17) is 4.42 Å². The number of amides is 2. The molecule has 2 unspecified atom stereocenters. The van der Waals surface area contributed by atoms with Crippen LogP contribution in [0.1, 0.15) is 24.3 Å². The van der Waals surface area contributed by atoms with Gasteiger partial charge in [0.05, 0.1) is 24.2 Å². The van der Waals surface area contributed by atoms with E-state index in [1.165, 1.54) is 27.8 Å². The Bertz CT molecular complexity index is 1010. The zero-order valence-corrected chi connectivity index (χ0v) is 18.4. The number of carbonyl (C=O) groups excluding carboxylic acids is 2. The Morgan fingerprint density at radius 3 is 2.56 bits per heavy atom. The first kappa shape index (κ1) is 21.3. The van der Waals surface area contributed by atoms with E-state index < -0.39 is 24.1 Å². The van der Waals surface area contributed by atoms with Crippen molar-refractivity contribution in [1.82, 2.24) is 14.8 Å². The topological polar surface area (TPSA) is 148 Å². The molecule has 3 N–H and O–H groups in total. The molecular formula is C20H24N4O7S. The number of oxazole rings is 1. The van der Waals surface area contributed by atoms with Crippen molar-refractivity contribution in [2.45, 2.75) is 37.3 Å². The second-order valence-electron chi connectivity index (χ2n) is 8.80. The highest BCUT2D eigenvalue weighted by Gasteiger charge is 2.60. The molecule has 3 fully saturated rings. The number of likely N-dealkylation sites (tertiary alicyclic amines) is 1. The first-order valence-corrected chi connectivity index (χ1v) is 11.4. The smallest absolute Gasteiger partial charge is 0.353 e. The van der Waals surface area contributed by atoms with Crippen molar-refractivity contribution < 1.29 is 34.1 Å². The van der Waals surface area contributed by atoms with E-state index in [1.54, 1.807) is 6.92 Å². The minimum absolute atomic E-state index is 0.0218. The number of carbonyl (C=O) groups is 3. The van der Waals surface area contributed by atoms with E-state index in [1.807, 2.05) is 11.8 Å². The van der Waals surface area contributed by atoms with Crippen LogP contribution >= 0.6 is 11.8 Å². The molecule has 3 saturated heterocycles. The molecule has 0 bridgehead atoms. The Morgan fingerprint density at radius 1 is 1.28 bits per heavy atom. The third kappa shape index (κ3) is 3.11. The van der Waals surface area contributed by atoms with Gasteiger partial charge in [0.2, 0.25) is 5.91 Å². The molecule has 11 nitrogen and oxygen atoms in total. The maximum absolute atomic E-state index is 12.4. The third-order valence-corrected chi connectivity index (χ3v) is 8.03. The predicted octanol–water partition coefficient (Wildman–Crippen LogP) is -0.433. The van der Waals surface area contributed by atoms with Gasteiger partial charge < -0.3 is 34.4 Å². The summed E-state index contributed by atoms with van der Waals surface area (Å²) in [5.74, 6) is -2.51. The fourth-order valence-corrected chi connectivity index (χ4v) is 6.34. The Hall–Kier alpha value is -2.57. The van der Waals surface area contributed by atoms with Crippen molar-refractivity contribution in [3.8, 4) is 0 Å². The van der Waals surface area contributed by atoms with E-state index in [9.17, 15) is 29.7 Å². The van der Waals surface area contributed by atoms with Crippen LogP contribution in [-0.2, 0) is 9.59 Å². The number of hydrogen-bond acceptors (Lipinski definition) is 9. The zero-order valence-electron chi connectivity index (χ0n) is 17.5. The molecule has 4 aliphatic heterocycles. The maximum Gasteiger partial charge on any atom is 0.353 e. The summed E-state index contributed by atoms with van der Waals surface area (Å²) in [5.41, 5.74) is 0.212. The summed E-state index contributed by atoms with van der Waals surface area (Å²) in [7, 11) is 0. The number of aliphatic hydroxyl groups is 2. The molecule has 5 rings (SSSR count). The monoisotopic (exact) mass is 464 g/mol. The number of fused-ring (bicyclic) bond motifs is 1. The third-order valence-electron chi connectivity index (χ3n) is 6.58. The molecule has 32 heavy (non-hydrogen) atoms. The van der Waals surface area contributed by atoms with Crippen molar-refractivity contribution in [3.05, 3.63) is 22.6 Å². The van der Waals surface area contributed by atoms with Crippen molar-refractivity contribution in [2.24, 2.45) is 11.8 Å². The Labute approximate surface area is 187 Å². The summed E-state index contributed by atoms with van der Waals surface area (Å²) in [6.45, 7) is 5.15. The predicted molar refractivity (Wildman–Crippen MR) is 112 cm³/mol. The number of anilines is 1.